The first-order valence-corrected chi connectivity index (χ1v) is 14.5. The number of ether oxygens (including phenoxy) is 2. The Balaban J connectivity index is 1.52. The summed E-state index contributed by atoms with van der Waals surface area (Å²) in [4.78, 5) is 29.3. The second-order valence-corrected chi connectivity index (χ2v) is 11.3. The van der Waals surface area contributed by atoms with E-state index in [-0.39, 0.29) is 30.0 Å². The zero-order chi connectivity index (χ0) is 28.0. The van der Waals surface area contributed by atoms with Crippen LogP contribution in [0.5, 0.6) is 5.75 Å². The molecule has 0 aliphatic carbocycles. The number of carbonyl (C=O) groups excluding carboxylic acids is 2. The third-order valence-corrected chi connectivity index (χ3v) is 7.85. The van der Waals surface area contributed by atoms with E-state index in [1.165, 1.54) is 11.6 Å². The average molecular weight is 550 g/mol. The van der Waals surface area contributed by atoms with Crippen LogP contribution in [0.15, 0.2) is 77.7 Å². The van der Waals surface area contributed by atoms with E-state index < -0.39 is 17.4 Å². The predicted molar refractivity (Wildman–Crippen MR) is 153 cm³/mol. The number of hydrogen-bond acceptors (Lipinski definition) is 6. The lowest BCUT2D eigenvalue weighted by atomic mass is 9.84. The minimum atomic E-state index is -1.31. The SMILES string of the molecule is CCOC(=O)C(C)(C)Oc1ccc(CC2CN(Cc3ccccc3)CC2C(=O)c2ccc(SC)cc2)cc1F. The molecule has 2 unspecified atom stereocenters. The van der Waals surface area contributed by atoms with Crippen LogP contribution in [0, 0.1) is 17.7 Å². The van der Waals surface area contributed by atoms with Gasteiger partial charge in [0.2, 0.25) is 0 Å². The van der Waals surface area contributed by atoms with Crippen molar-refractivity contribution in [1.82, 2.24) is 4.90 Å². The highest BCUT2D eigenvalue weighted by atomic mass is 32.2. The smallest absolute Gasteiger partial charge is 0.349 e. The average Bonchev–Trinajstić information content (AvgIpc) is 3.32. The van der Waals surface area contributed by atoms with E-state index >= 15 is 4.39 Å². The summed E-state index contributed by atoms with van der Waals surface area (Å²) >= 11 is 1.64. The number of ketones is 1. The Morgan fingerprint density at radius 2 is 1.72 bits per heavy atom. The fourth-order valence-corrected chi connectivity index (χ4v) is 5.49. The number of rotatable bonds is 11. The van der Waals surface area contributed by atoms with Crippen molar-refractivity contribution in [2.45, 2.75) is 44.2 Å². The molecule has 0 aromatic heterocycles. The number of esters is 1. The summed E-state index contributed by atoms with van der Waals surface area (Å²) in [6.07, 6.45) is 2.57. The molecule has 3 aromatic carbocycles. The van der Waals surface area contributed by atoms with E-state index in [1.54, 1.807) is 38.6 Å². The number of carbonyl (C=O) groups is 2. The van der Waals surface area contributed by atoms with E-state index in [9.17, 15) is 9.59 Å². The molecule has 1 heterocycles. The Labute approximate surface area is 234 Å². The lowest BCUT2D eigenvalue weighted by Gasteiger charge is -2.24. The van der Waals surface area contributed by atoms with Crippen LogP contribution in [0.3, 0.4) is 0 Å². The summed E-state index contributed by atoms with van der Waals surface area (Å²) in [7, 11) is 0. The lowest BCUT2D eigenvalue weighted by Crippen LogP contribution is -2.40. The van der Waals surface area contributed by atoms with Crippen LogP contribution in [0.4, 0.5) is 4.39 Å². The number of halogens is 1. The van der Waals surface area contributed by atoms with E-state index in [0.29, 0.717) is 18.5 Å². The number of thioether (sulfide) groups is 1. The quantitative estimate of drug-likeness (QED) is 0.156. The number of hydrogen-bond donors (Lipinski definition) is 0. The molecule has 1 aliphatic heterocycles. The summed E-state index contributed by atoms with van der Waals surface area (Å²) in [5.41, 5.74) is 1.38. The van der Waals surface area contributed by atoms with Crippen LogP contribution >= 0.6 is 11.8 Å². The van der Waals surface area contributed by atoms with Crippen molar-refractivity contribution in [2.75, 3.05) is 26.0 Å². The summed E-state index contributed by atoms with van der Waals surface area (Å²) in [5.74, 6) is -1.14. The highest BCUT2D eigenvalue weighted by Crippen LogP contribution is 2.33. The van der Waals surface area contributed by atoms with Gasteiger partial charge in [0.25, 0.3) is 0 Å². The van der Waals surface area contributed by atoms with Gasteiger partial charge in [0.15, 0.2) is 23.0 Å². The van der Waals surface area contributed by atoms with Crippen LogP contribution in [-0.2, 0) is 22.5 Å². The van der Waals surface area contributed by atoms with E-state index in [2.05, 4.69) is 17.0 Å². The minimum Gasteiger partial charge on any atom is -0.473 e. The number of benzene rings is 3. The van der Waals surface area contributed by atoms with Gasteiger partial charge in [0, 0.05) is 36.0 Å². The number of likely N-dealkylation sites (tertiary alicyclic amines) is 1. The second kappa shape index (κ2) is 12.8. The Hall–Kier alpha value is -3.16. The van der Waals surface area contributed by atoms with Gasteiger partial charge in [-0.1, -0.05) is 48.5 Å². The highest BCUT2D eigenvalue weighted by Gasteiger charge is 2.38. The molecule has 5 nitrogen and oxygen atoms in total. The first-order valence-electron chi connectivity index (χ1n) is 13.3. The molecule has 206 valence electrons. The van der Waals surface area contributed by atoms with Crippen LogP contribution in [0.25, 0.3) is 0 Å². The largest absolute Gasteiger partial charge is 0.473 e. The Kier molecular flexibility index (Phi) is 9.46. The summed E-state index contributed by atoms with van der Waals surface area (Å²) in [6, 6.07) is 22.8. The first kappa shape index (κ1) is 28.8. The van der Waals surface area contributed by atoms with Crippen molar-refractivity contribution < 1.29 is 23.5 Å². The summed E-state index contributed by atoms with van der Waals surface area (Å²) in [6.45, 7) is 7.20. The molecular formula is C32H36FNO4S. The topological polar surface area (TPSA) is 55.8 Å². The summed E-state index contributed by atoms with van der Waals surface area (Å²) in [5, 5.41) is 0. The molecule has 0 radical (unpaired) electrons. The third-order valence-electron chi connectivity index (χ3n) is 7.10. The zero-order valence-corrected chi connectivity index (χ0v) is 23.8. The molecule has 1 fully saturated rings. The Morgan fingerprint density at radius 3 is 2.36 bits per heavy atom. The molecule has 2 atom stereocenters. The van der Waals surface area contributed by atoms with Crippen molar-refractivity contribution in [3.05, 3.63) is 95.3 Å². The predicted octanol–water partition coefficient (Wildman–Crippen LogP) is 6.44. The maximum absolute atomic E-state index is 15.1. The van der Waals surface area contributed by atoms with Crippen LogP contribution < -0.4 is 4.74 Å². The van der Waals surface area contributed by atoms with Crippen molar-refractivity contribution >= 4 is 23.5 Å². The van der Waals surface area contributed by atoms with Crippen LogP contribution in [0.2, 0.25) is 0 Å². The van der Waals surface area contributed by atoms with Gasteiger partial charge < -0.3 is 9.47 Å². The van der Waals surface area contributed by atoms with Gasteiger partial charge in [0.05, 0.1) is 6.61 Å². The molecule has 1 saturated heterocycles. The Morgan fingerprint density at radius 1 is 1.00 bits per heavy atom. The van der Waals surface area contributed by atoms with Crippen LogP contribution in [-0.4, -0.2) is 48.2 Å². The molecule has 0 amide bonds. The van der Waals surface area contributed by atoms with Gasteiger partial charge in [-0.15, -0.1) is 11.8 Å². The standard InChI is InChI=1S/C32H36FNO4S/c1-5-37-31(36)32(2,3)38-29-16-11-23(18-28(29)33)17-25-20-34(19-22-9-7-6-8-10-22)21-27(25)30(35)24-12-14-26(39-4)15-13-24/h6-16,18,25,27H,5,17,19-21H2,1-4H3. The van der Waals surface area contributed by atoms with Gasteiger partial charge in [-0.3, -0.25) is 9.69 Å². The maximum atomic E-state index is 15.1. The zero-order valence-electron chi connectivity index (χ0n) is 23.0. The second-order valence-electron chi connectivity index (χ2n) is 10.4. The number of nitrogens with zero attached hydrogens (tertiary/aromatic N) is 1. The molecular weight excluding hydrogens is 513 g/mol. The normalized spacial score (nSPS) is 17.7. The molecule has 3 aromatic rings. The summed E-state index contributed by atoms with van der Waals surface area (Å²) < 4.78 is 25.8. The van der Waals surface area contributed by atoms with Gasteiger partial charge in [-0.25, -0.2) is 9.18 Å². The van der Waals surface area contributed by atoms with Gasteiger partial charge in [0.1, 0.15) is 0 Å². The molecule has 0 N–H and O–H groups in total. The van der Waals surface area contributed by atoms with E-state index in [1.807, 2.05) is 54.8 Å². The highest BCUT2D eigenvalue weighted by molar-refractivity contribution is 7.98. The molecule has 39 heavy (non-hydrogen) atoms. The van der Waals surface area contributed by atoms with Gasteiger partial charge in [-0.2, -0.15) is 0 Å². The van der Waals surface area contributed by atoms with Crippen molar-refractivity contribution in [2.24, 2.45) is 11.8 Å². The van der Waals surface area contributed by atoms with Gasteiger partial charge >= 0.3 is 5.97 Å². The molecule has 0 spiro atoms. The fourth-order valence-electron chi connectivity index (χ4n) is 5.08. The number of Topliss-reactive ketones (excluding diaryl/α,β-unsaturated/α-hetero) is 1. The molecule has 4 rings (SSSR count). The molecule has 7 heteroatoms. The van der Waals surface area contributed by atoms with Crippen molar-refractivity contribution in [1.29, 1.82) is 0 Å². The first-order chi connectivity index (χ1) is 18.7. The maximum Gasteiger partial charge on any atom is 0.349 e. The monoisotopic (exact) mass is 549 g/mol. The van der Waals surface area contributed by atoms with E-state index in [0.717, 1.165) is 23.5 Å². The van der Waals surface area contributed by atoms with Crippen molar-refractivity contribution in [3.63, 3.8) is 0 Å². The van der Waals surface area contributed by atoms with E-state index in [4.69, 9.17) is 9.47 Å². The van der Waals surface area contributed by atoms with Crippen LogP contribution in [0.1, 0.15) is 42.3 Å². The Bertz CT molecular complexity index is 1280. The molecule has 0 bridgehead atoms. The fraction of sp³-hybridized carbons (Fsp3) is 0.375. The lowest BCUT2D eigenvalue weighted by molar-refractivity contribution is -0.158. The minimum absolute atomic E-state index is 0.00422. The third kappa shape index (κ3) is 7.28. The van der Waals surface area contributed by atoms with Crippen molar-refractivity contribution in [3.8, 4) is 5.75 Å². The van der Waals surface area contributed by atoms with Gasteiger partial charge in [-0.05, 0) is 74.8 Å². The molecule has 1 aliphatic rings. The molecule has 0 saturated carbocycles.